The van der Waals surface area contributed by atoms with Crippen molar-refractivity contribution < 1.29 is 17.6 Å². The van der Waals surface area contributed by atoms with Crippen LogP contribution < -0.4 is 5.32 Å². The van der Waals surface area contributed by atoms with Gasteiger partial charge < -0.3 is 10.2 Å². The second-order valence-electron chi connectivity index (χ2n) is 7.32. The van der Waals surface area contributed by atoms with Gasteiger partial charge in [-0.05, 0) is 62.4 Å². The third-order valence-corrected chi connectivity index (χ3v) is 7.80. The standard InChI is InChI=1S/C18H25FN2O3S.ClH/c1-14(25(23,24)16-4-2-15(19)3-5-16)12-17(22)21-10-7-18(8-11-21)6-9-20-13-18;/h2-5,14,20H,6-13H2,1H3;1H. The Morgan fingerprint density at radius 1 is 1.23 bits per heavy atom. The van der Waals surface area contributed by atoms with Crippen molar-refractivity contribution in [3.8, 4) is 0 Å². The number of hydrogen-bond acceptors (Lipinski definition) is 4. The van der Waals surface area contributed by atoms with Crippen LogP contribution in [-0.2, 0) is 14.6 Å². The molecule has 5 nitrogen and oxygen atoms in total. The first kappa shape index (κ1) is 21.1. The van der Waals surface area contributed by atoms with Crippen molar-refractivity contribution in [2.24, 2.45) is 5.41 Å². The van der Waals surface area contributed by atoms with E-state index in [0.29, 0.717) is 18.5 Å². The molecule has 2 saturated heterocycles. The minimum atomic E-state index is -3.64. The molecule has 0 bridgehead atoms. The monoisotopic (exact) mass is 404 g/mol. The molecular formula is C18H26ClFN2O3S. The third kappa shape index (κ3) is 4.38. The molecule has 0 aliphatic carbocycles. The van der Waals surface area contributed by atoms with Crippen LogP contribution in [-0.4, -0.2) is 50.7 Å². The number of sulfone groups is 1. The Balaban J connectivity index is 0.00000243. The first-order valence-corrected chi connectivity index (χ1v) is 10.4. The maximum absolute atomic E-state index is 13.0. The molecule has 2 aliphatic heterocycles. The van der Waals surface area contributed by atoms with Crippen molar-refractivity contribution in [1.82, 2.24) is 10.2 Å². The van der Waals surface area contributed by atoms with Gasteiger partial charge in [-0.15, -0.1) is 12.4 Å². The Kier molecular flexibility index (Phi) is 6.69. The van der Waals surface area contributed by atoms with Crippen molar-refractivity contribution in [3.05, 3.63) is 30.1 Å². The van der Waals surface area contributed by atoms with Gasteiger partial charge in [0, 0.05) is 26.1 Å². The molecule has 8 heteroatoms. The van der Waals surface area contributed by atoms with Gasteiger partial charge in [-0.2, -0.15) is 0 Å². The van der Waals surface area contributed by atoms with Crippen LogP contribution in [0.25, 0.3) is 0 Å². The fourth-order valence-electron chi connectivity index (χ4n) is 3.79. The summed E-state index contributed by atoms with van der Waals surface area (Å²) in [6.07, 6.45) is 3.07. The van der Waals surface area contributed by atoms with E-state index in [1.807, 2.05) is 0 Å². The number of carbonyl (C=O) groups excluding carboxylic acids is 1. The summed E-state index contributed by atoms with van der Waals surface area (Å²) in [6.45, 7) is 5.00. The number of halogens is 2. The van der Waals surface area contributed by atoms with Crippen molar-refractivity contribution in [2.45, 2.75) is 42.8 Å². The lowest BCUT2D eigenvalue weighted by molar-refractivity contribution is -0.133. The van der Waals surface area contributed by atoms with Crippen molar-refractivity contribution >= 4 is 28.2 Å². The summed E-state index contributed by atoms with van der Waals surface area (Å²) >= 11 is 0. The highest BCUT2D eigenvalue weighted by Gasteiger charge is 2.38. The quantitative estimate of drug-likeness (QED) is 0.782. The van der Waals surface area contributed by atoms with E-state index >= 15 is 0 Å². The molecule has 3 rings (SSSR count). The van der Waals surface area contributed by atoms with Crippen LogP contribution in [0.5, 0.6) is 0 Å². The highest BCUT2D eigenvalue weighted by atomic mass is 35.5. The van der Waals surface area contributed by atoms with E-state index in [1.165, 1.54) is 12.1 Å². The molecule has 1 aromatic rings. The lowest BCUT2D eigenvalue weighted by Gasteiger charge is -2.39. The normalized spacial score (nSPS) is 20.6. The van der Waals surface area contributed by atoms with Crippen LogP contribution in [0, 0.1) is 11.2 Å². The smallest absolute Gasteiger partial charge is 0.223 e. The SMILES string of the molecule is CC(CC(=O)N1CCC2(CCNC2)CC1)S(=O)(=O)c1ccc(F)cc1.Cl. The molecule has 2 aliphatic rings. The zero-order valence-electron chi connectivity index (χ0n) is 14.9. The van der Waals surface area contributed by atoms with Crippen molar-refractivity contribution in [2.75, 3.05) is 26.2 Å². The van der Waals surface area contributed by atoms with Crippen LogP contribution >= 0.6 is 12.4 Å². The number of rotatable bonds is 4. The Bertz CT molecular complexity index is 723. The average molecular weight is 405 g/mol. The lowest BCUT2D eigenvalue weighted by Crippen LogP contribution is -2.45. The van der Waals surface area contributed by atoms with E-state index in [-0.39, 0.29) is 29.6 Å². The van der Waals surface area contributed by atoms with Gasteiger partial charge in [-0.3, -0.25) is 4.79 Å². The van der Waals surface area contributed by atoms with Crippen LogP contribution in [0.2, 0.25) is 0 Å². The van der Waals surface area contributed by atoms with E-state index in [0.717, 1.165) is 44.5 Å². The number of benzene rings is 1. The number of carbonyl (C=O) groups is 1. The van der Waals surface area contributed by atoms with E-state index in [4.69, 9.17) is 0 Å². The predicted molar refractivity (Wildman–Crippen MR) is 101 cm³/mol. The predicted octanol–water partition coefficient (Wildman–Crippen LogP) is 2.40. The maximum atomic E-state index is 13.0. The molecule has 26 heavy (non-hydrogen) atoms. The maximum Gasteiger partial charge on any atom is 0.223 e. The third-order valence-electron chi connectivity index (χ3n) is 5.64. The Morgan fingerprint density at radius 3 is 2.38 bits per heavy atom. The fraction of sp³-hybridized carbons (Fsp3) is 0.611. The van der Waals surface area contributed by atoms with Gasteiger partial charge >= 0.3 is 0 Å². The van der Waals surface area contributed by atoms with Gasteiger partial charge in [0.2, 0.25) is 5.91 Å². The summed E-state index contributed by atoms with van der Waals surface area (Å²) in [4.78, 5) is 14.4. The molecule has 0 aromatic heterocycles. The molecule has 1 aromatic carbocycles. The summed E-state index contributed by atoms with van der Waals surface area (Å²) in [7, 11) is -3.64. The number of likely N-dealkylation sites (tertiary alicyclic amines) is 1. The number of amides is 1. The zero-order chi connectivity index (χ0) is 18.1. The van der Waals surface area contributed by atoms with Gasteiger partial charge in [0.25, 0.3) is 0 Å². The van der Waals surface area contributed by atoms with E-state index < -0.39 is 20.9 Å². The summed E-state index contributed by atoms with van der Waals surface area (Å²) in [5.41, 5.74) is 0.322. The van der Waals surface area contributed by atoms with Crippen LogP contribution in [0.3, 0.4) is 0 Å². The molecule has 1 spiro atoms. The van der Waals surface area contributed by atoms with Crippen LogP contribution in [0.1, 0.15) is 32.6 Å². The topological polar surface area (TPSA) is 66.5 Å². The lowest BCUT2D eigenvalue weighted by atomic mass is 9.78. The van der Waals surface area contributed by atoms with Crippen molar-refractivity contribution in [1.29, 1.82) is 0 Å². The largest absolute Gasteiger partial charge is 0.343 e. The Morgan fingerprint density at radius 2 is 1.85 bits per heavy atom. The van der Waals surface area contributed by atoms with Gasteiger partial charge in [0.05, 0.1) is 10.1 Å². The summed E-state index contributed by atoms with van der Waals surface area (Å²) in [6, 6.07) is 4.76. The first-order valence-electron chi connectivity index (χ1n) is 8.80. The molecule has 0 radical (unpaired) electrons. The second kappa shape index (κ2) is 8.23. The number of piperidine rings is 1. The highest BCUT2D eigenvalue weighted by Crippen LogP contribution is 2.37. The van der Waals surface area contributed by atoms with E-state index in [1.54, 1.807) is 11.8 Å². The molecule has 1 N–H and O–H groups in total. The van der Waals surface area contributed by atoms with E-state index in [2.05, 4.69) is 5.32 Å². The molecule has 146 valence electrons. The minimum Gasteiger partial charge on any atom is -0.343 e. The van der Waals surface area contributed by atoms with Crippen LogP contribution in [0.4, 0.5) is 4.39 Å². The summed E-state index contributed by atoms with van der Waals surface area (Å²) in [5, 5.41) is 2.57. The number of nitrogens with zero attached hydrogens (tertiary/aromatic N) is 1. The molecule has 0 saturated carbocycles. The second-order valence-corrected chi connectivity index (χ2v) is 9.69. The highest BCUT2D eigenvalue weighted by molar-refractivity contribution is 7.92. The fourth-order valence-corrected chi connectivity index (χ4v) is 5.14. The van der Waals surface area contributed by atoms with Gasteiger partial charge in [-0.25, -0.2) is 12.8 Å². The zero-order valence-corrected chi connectivity index (χ0v) is 16.5. The average Bonchev–Trinajstić information content (AvgIpc) is 3.03. The van der Waals surface area contributed by atoms with Gasteiger partial charge in [0.1, 0.15) is 5.82 Å². The van der Waals surface area contributed by atoms with Crippen LogP contribution in [0.15, 0.2) is 29.2 Å². The van der Waals surface area contributed by atoms with E-state index in [9.17, 15) is 17.6 Å². The molecule has 1 unspecified atom stereocenters. The number of nitrogens with one attached hydrogen (secondary N) is 1. The Hall–Kier alpha value is -1.18. The first-order chi connectivity index (χ1) is 11.8. The summed E-state index contributed by atoms with van der Waals surface area (Å²) < 4.78 is 38.1. The summed E-state index contributed by atoms with van der Waals surface area (Å²) in [5.74, 6) is -0.592. The minimum absolute atomic E-state index is 0. The van der Waals surface area contributed by atoms with Gasteiger partial charge in [-0.1, -0.05) is 0 Å². The Labute approximate surface area is 160 Å². The van der Waals surface area contributed by atoms with Gasteiger partial charge in [0.15, 0.2) is 9.84 Å². The molecule has 2 fully saturated rings. The molecular weight excluding hydrogens is 379 g/mol. The number of hydrogen-bond donors (Lipinski definition) is 1. The van der Waals surface area contributed by atoms with Crippen molar-refractivity contribution in [3.63, 3.8) is 0 Å². The molecule has 1 atom stereocenters. The molecule has 1 amide bonds. The molecule has 2 heterocycles.